The maximum Gasteiger partial charge on any atom is 0.322 e. The first-order chi connectivity index (χ1) is 11.4. The van der Waals surface area contributed by atoms with E-state index in [1.165, 1.54) is 16.0 Å². The fraction of sp³-hybridized carbons (Fsp3) is 0.500. The number of nitrogens with one attached hydrogen (secondary N) is 1. The number of hydroxylamine groups is 2. The van der Waals surface area contributed by atoms with E-state index in [4.69, 9.17) is 4.84 Å². The molecule has 1 aromatic carbocycles. The van der Waals surface area contributed by atoms with E-state index < -0.39 is 23.3 Å². The molecule has 0 radical (unpaired) electrons. The highest BCUT2D eigenvalue weighted by Crippen LogP contribution is 2.39. The van der Waals surface area contributed by atoms with E-state index in [2.05, 4.69) is 5.32 Å². The normalized spacial score (nSPS) is 22.0. The zero-order chi connectivity index (χ0) is 16.9. The van der Waals surface area contributed by atoms with Crippen molar-refractivity contribution in [1.82, 2.24) is 9.96 Å². The van der Waals surface area contributed by atoms with Crippen LogP contribution in [-0.4, -0.2) is 47.1 Å². The number of hydrogen-bond donors (Lipinski definition) is 1. The van der Waals surface area contributed by atoms with E-state index in [1.54, 1.807) is 0 Å². The van der Waals surface area contributed by atoms with Crippen LogP contribution < -0.4 is 5.32 Å². The number of anilines is 1. The maximum absolute atomic E-state index is 13.6. The van der Waals surface area contributed by atoms with Crippen LogP contribution in [0.15, 0.2) is 18.2 Å². The molecule has 3 amide bonds. The second-order valence-electron chi connectivity index (χ2n) is 6.76. The van der Waals surface area contributed by atoms with Crippen LogP contribution in [0.5, 0.6) is 0 Å². The van der Waals surface area contributed by atoms with Crippen molar-refractivity contribution in [2.24, 2.45) is 5.92 Å². The van der Waals surface area contributed by atoms with E-state index in [0.29, 0.717) is 18.5 Å². The van der Waals surface area contributed by atoms with Gasteiger partial charge in [0.25, 0.3) is 0 Å². The smallest absolute Gasteiger partial charge is 0.318 e. The second-order valence-corrected chi connectivity index (χ2v) is 6.76. The molecule has 2 aliphatic heterocycles. The number of nitrogens with zero attached hydrogens (tertiary/aromatic N) is 2. The predicted molar refractivity (Wildman–Crippen MR) is 79.8 cm³/mol. The van der Waals surface area contributed by atoms with Crippen LogP contribution in [0.4, 0.5) is 19.3 Å². The highest BCUT2D eigenvalue weighted by Gasteiger charge is 2.55. The number of hydrogen-bond acceptors (Lipinski definition) is 3. The van der Waals surface area contributed by atoms with Crippen LogP contribution in [0.3, 0.4) is 0 Å². The molecule has 2 saturated heterocycles. The minimum atomic E-state index is -0.832. The largest absolute Gasteiger partial charge is 0.322 e. The van der Waals surface area contributed by atoms with Gasteiger partial charge in [-0.2, -0.15) is 0 Å². The van der Waals surface area contributed by atoms with Crippen molar-refractivity contribution in [3.8, 4) is 0 Å². The van der Waals surface area contributed by atoms with Gasteiger partial charge < -0.3 is 10.2 Å². The van der Waals surface area contributed by atoms with Crippen LogP contribution in [0, 0.1) is 17.6 Å². The maximum atomic E-state index is 13.6. The predicted octanol–water partition coefficient (Wildman–Crippen LogP) is 2.12. The fourth-order valence-electron chi connectivity index (χ4n) is 3.10. The monoisotopic (exact) mass is 337 g/mol. The van der Waals surface area contributed by atoms with Gasteiger partial charge in [-0.3, -0.25) is 9.63 Å². The van der Waals surface area contributed by atoms with Crippen LogP contribution in [0.25, 0.3) is 0 Å². The van der Waals surface area contributed by atoms with Crippen molar-refractivity contribution in [3.63, 3.8) is 0 Å². The first-order valence-electron chi connectivity index (χ1n) is 7.95. The summed E-state index contributed by atoms with van der Waals surface area (Å²) in [4.78, 5) is 31.3. The van der Waals surface area contributed by atoms with Crippen LogP contribution in [0.1, 0.15) is 19.3 Å². The Morgan fingerprint density at radius 3 is 2.75 bits per heavy atom. The van der Waals surface area contributed by atoms with Gasteiger partial charge in [0, 0.05) is 6.07 Å². The molecule has 0 atom stereocenters. The van der Waals surface area contributed by atoms with Gasteiger partial charge in [-0.15, -0.1) is 0 Å². The summed E-state index contributed by atoms with van der Waals surface area (Å²) in [5, 5.41) is 3.82. The Hall–Kier alpha value is -2.22. The van der Waals surface area contributed by atoms with E-state index in [0.717, 1.165) is 18.9 Å². The van der Waals surface area contributed by atoms with Gasteiger partial charge in [-0.1, -0.05) is 0 Å². The summed E-state index contributed by atoms with van der Waals surface area (Å²) < 4.78 is 26.4. The van der Waals surface area contributed by atoms with Crippen molar-refractivity contribution in [3.05, 3.63) is 29.8 Å². The minimum Gasteiger partial charge on any atom is -0.318 e. The molecule has 24 heavy (non-hydrogen) atoms. The summed E-state index contributed by atoms with van der Waals surface area (Å²) in [5.74, 6) is -1.06. The van der Waals surface area contributed by atoms with Crippen molar-refractivity contribution in [2.75, 3.05) is 25.0 Å². The third-order valence-corrected chi connectivity index (χ3v) is 4.59. The zero-order valence-corrected chi connectivity index (χ0v) is 12.9. The Morgan fingerprint density at radius 1 is 1.33 bits per heavy atom. The first-order valence-corrected chi connectivity index (χ1v) is 7.95. The molecule has 1 spiro atoms. The molecule has 4 rings (SSSR count). The highest BCUT2D eigenvalue weighted by molar-refractivity contribution is 5.90. The molecule has 0 aromatic heterocycles. The van der Waals surface area contributed by atoms with Crippen molar-refractivity contribution in [1.29, 1.82) is 0 Å². The lowest BCUT2D eigenvalue weighted by Crippen LogP contribution is -2.64. The lowest BCUT2D eigenvalue weighted by molar-refractivity contribution is -0.229. The van der Waals surface area contributed by atoms with Gasteiger partial charge >= 0.3 is 6.03 Å². The van der Waals surface area contributed by atoms with E-state index in [-0.39, 0.29) is 31.1 Å². The Balaban J connectivity index is 1.33. The number of carbonyl (C=O) groups excluding carboxylic acids is 2. The van der Waals surface area contributed by atoms with Gasteiger partial charge in [0.1, 0.15) is 17.2 Å². The van der Waals surface area contributed by atoms with E-state index >= 15 is 0 Å². The number of benzene rings is 1. The quantitative estimate of drug-likeness (QED) is 0.919. The third kappa shape index (κ3) is 2.82. The summed E-state index contributed by atoms with van der Waals surface area (Å²) in [6.45, 7) is 1.16. The summed E-state index contributed by atoms with van der Waals surface area (Å²) in [5.41, 5.74) is -0.730. The Morgan fingerprint density at radius 2 is 2.08 bits per heavy atom. The molecule has 1 aliphatic carbocycles. The van der Waals surface area contributed by atoms with Crippen molar-refractivity contribution in [2.45, 2.75) is 24.9 Å². The summed E-state index contributed by atoms with van der Waals surface area (Å²) in [7, 11) is 0. The average molecular weight is 337 g/mol. The summed E-state index contributed by atoms with van der Waals surface area (Å²) in [6.07, 6.45) is 2.50. The number of likely N-dealkylation sites (tertiary alicyclic amines) is 1. The second kappa shape index (κ2) is 5.41. The molecule has 8 heteroatoms. The number of amides is 3. The average Bonchev–Trinajstić information content (AvgIpc) is 3.23. The number of urea groups is 1. The Bertz CT molecular complexity index is 702. The molecule has 1 aromatic rings. The zero-order valence-electron chi connectivity index (χ0n) is 12.9. The van der Waals surface area contributed by atoms with Gasteiger partial charge in [0.15, 0.2) is 0 Å². The topological polar surface area (TPSA) is 61.9 Å². The molecule has 2 heterocycles. The van der Waals surface area contributed by atoms with Crippen molar-refractivity contribution >= 4 is 17.6 Å². The SMILES string of the molecule is O=C(Nc1ccc(F)cc1F)N1CC2(CC(=O)N(CC3CC3)O2)C1. The van der Waals surface area contributed by atoms with Gasteiger partial charge in [0.2, 0.25) is 5.91 Å². The number of carbonyl (C=O) groups is 2. The fourth-order valence-corrected chi connectivity index (χ4v) is 3.10. The first kappa shape index (κ1) is 15.3. The molecule has 0 bridgehead atoms. The molecule has 1 saturated carbocycles. The highest BCUT2D eigenvalue weighted by atomic mass is 19.1. The Kier molecular flexibility index (Phi) is 3.45. The van der Waals surface area contributed by atoms with Crippen LogP contribution in [-0.2, 0) is 9.63 Å². The third-order valence-electron chi connectivity index (χ3n) is 4.59. The van der Waals surface area contributed by atoms with Crippen LogP contribution >= 0.6 is 0 Å². The van der Waals surface area contributed by atoms with Crippen molar-refractivity contribution < 1.29 is 23.2 Å². The molecular weight excluding hydrogens is 320 g/mol. The van der Waals surface area contributed by atoms with Crippen LogP contribution in [0.2, 0.25) is 0 Å². The number of rotatable bonds is 3. The lowest BCUT2D eigenvalue weighted by atomic mass is 9.91. The van der Waals surface area contributed by atoms with Gasteiger partial charge in [-0.05, 0) is 30.9 Å². The summed E-state index contributed by atoms with van der Waals surface area (Å²) >= 11 is 0. The van der Waals surface area contributed by atoms with Gasteiger partial charge in [0.05, 0.1) is 31.7 Å². The molecule has 128 valence electrons. The molecular formula is C16H17F2N3O3. The number of halogens is 2. The molecule has 3 fully saturated rings. The minimum absolute atomic E-state index is 0.0495. The molecule has 3 aliphatic rings. The summed E-state index contributed by atoms with van der Waals surface area (Å²) in [6, 6.07) is 2.46. The Labute approximate surface area is 137 Å². The molecule has 1 N–H and O–H groups in total. The van der Waals surface area contributed by atoms with E-state index in [1.807, 2.05) is 0 Å². The molecule has 0 unspecified atom stereocenters. The van der Waals surface area contributed by atoms with Gasteiger partial charge in [-0.25, -0.2) is 18.6 Å². The molecule has 6 nitrogen and oxygen atoms in total. The lowest BCUT2D eigenvalue weighted by Gasteiger charge is -2.45. The van der Waals surface area contributed by atoms with E-state index in [9.17, 15) is 18.4 Å². The standard InChI is InChI=1S/C16H17F2N3O3/c17-11-3-4-13(12(18)5-11)19-15(23)20-8-16(9-20)6-14(22)21(24-16)7-10-1-2-10/h3-5,10H,1-2,6-9H2,(H,19,23).